The van der Waals surface area contributed by atoms with Gasteiger partial charge < -0.3 is 19.5 Å². The zero-order valence-electron chi connectivity index (χ0n) is 12.1. The lowest BCUT2D eigenvalue weighted by Crippen LogP contribution is -2.41. The van der Waals surface area contributed by atoms with Crippen LogP contribution >= 0.6 is 11.8 Å². The van der Waals surface area contributed by atoms with Crippen molar-refractivity contribution in [3.05, 3.63) is 23.3 Å². The zero-order valence-corrected chi connectivity index (χ0v) is 12.9. The van der Waals surface area contributed by atoms with Crippen LogP contribution in [0.15, 0.2) is 12.1 Å². The number of carbonyl (C=O) groups is 2. The summed E-state index contributed by atoms with van der Waals surface area (Å²) < 4.78 is 10.5. The lowest BCUT2D eigenvalue weighted by molar-refractivity contribution is -0.140. The molecule has 1 aromatic carbocycles. The number of hydrogen-bond donors (Lipinski definition) is 1. The van der Waals surface area contributed by atoms with Gasteiger partial charge in [-0.2, -0.15) is 0 Å². The molecule has 0 saturated carbocycles. The highest BCUT2D eigenvalue weighted by molar-refractivity contribution is 7.99. The largest absolute Gasteiger partial charge is 0.496 e. The zero-order chi connectivity index (χ0) is 15.6. The van der Waals surface area contributed by atoms with Crippen molar-refractivity contribution in [2.75, 3.05) is 25.8 Å². The van der Waals surface area contributed by atoms with Crippen molar-refractivity contribution in [2.45, 2.75) is 13.0 Å². The number of nitrogens with zero attached hydrogens (tertiary/aromatic N) is 1. The summed E-state index contributed by atoms with van der Waals surface area (Å²) in [5.41, 5.74) is 1.16. The second-order valence-electron chi connectivity index (χ2n) is 4.63. The number of benzene rings is 1. The molecule has 114 valence electrons. The molecule has 0 spiro atoms. The van der Waals surface area contributed by atoms with Crippen molar-refractivity contribution in [2.24, 2.45) is 0 Å². The van der Waals surface area contributed by atoms with Gasteiger partial charge in [0.1, 0.15) is 17.5 Å². The molecule has 0 aliphatic carbocycles. The molecule has 1 amide bonds. The van der Waals surface area contributed by atoms with E-state index in [0.29, 0.717) is 28.7 Å². The molecule has 1 aliphatic rings. The van der Waals surface area contributed by atoms with Crippen molar-refractivity contribution >= 4 is 23.6 Å². The molecule has 1 atom stereocenters. The molecule has 1 aromatic rings. The molecule has 1 N–H and O–H groups in total. The number of hydrogen-bond acceptors (Lipinski definition) is 5. The second-order valence-corrected chi connectivity index (χ2v) is 5.63. The molecule has 2 rings (SSSR count). The first-order valence-electron chi connectivity index (χ1n) is 6.33. The summed E-state index contributed by atoms with van der Waals surface area (Å²) in [6, 6.07) is 2.44. The van der Waals surface area contributed by atoms with Crippen LogP contribution in [-0.2, 0) is 4.79 Å². The summed E-state index contributed by atoms with van der Waals surface area (Å²) in [5.74, 6) is 0.534. The van der Waals surface area contributed by atoms with E-state index < -0.39 is 12.0 Å². The Balaban J connectivity index is 2.37. The maximum Gasteiger partial charge on any atom is 0.327 e. The van der Waals surface area contributed by atoms with Crippen LogP contribution in [-0.4, -0.2) is 53.8 Å². The highest BCUT2D eigenvalue weighted by atomic mass is 32.2. The molecule has 1 aliphatic heterocycles. The molecule has 0 unspecified atom stereocenters. The monoisotopic (exact) mass is 311 g/mol. The van der Waals surface area contributed by atoms with Crippen LogP contribution in [0.2, 0.25) is 0 Å². The van der Waals surface area contributed by atoms with Gasteiger partial charge in [0, 0.05) is 16.9 Å². The number of amides is 1. The molecule has 0 bridgehead atoms. The van der Waals surface area contributed by atoms with Crippen molar-refractivity contribution in [3.63, 3.8) is 0 Å². The first-order chi connectivity index (χ1) is 9.99. The Morgan fingerprint density at radius 2 is 1.86 bits per heavy atom. The van der Waals surface area contributed by atoms with E-state index in [9.17, 15) is 9.59 Å². The highest BCUT2D eigenvalue weighted by Crippen LogP contribution is 2.31. The third kappa shape index (κ3) is 2.92. The van der Waals surface area contributed by atoms with E-state index in [1.54, 1.807) is 12.1 Å². The van der Waals surface area contributed by atoms with Gasteiger partial charge in [-0.1, -0.05) is 0 Å². The highest BCUT2D eigenvalue weighted by Gasteiger charge is 2.35. The number of methoxy groups -OCH3 is 2. The van der Waals surface area contributed by atoms with Crippen LogP contribution in [0.3, 0.4) is 0 Å². The number of carbonyl (C=O) groups excluding carboxylic acids is 1. The summed E-state index contributed by atoms with van der Waals surface area (Å²) in [6.45, 7) is 1.83. The van der Waals surface area contributed by atoms with Crippen molar-refractivity contribution in [3.8, 4) is 11.5 Å². The molecular weight excluding hydrogens is 294 g/mol. The average molecular weight is 311 g/mol. The summed E-state index contributed by atoms with van der Waals surface area (Å²) in [7, 11) is 3.03. The lowest BCUT2D eigenvalue weighted by atomic mass is 10.1. The average Bonchev–Trinajstić information content (AvgIpc) is 2.96. The minimum atomic E-state index is -0.987. The minimum Gasteiger partial charge on any atom is -0.496 e. The topological polar surface area (TPSA) is 76.1 Å². The summed E-state index contributed by atoms with van der Waals surface area (Å²) in [4.78, 5) is 25.1. The van der Waals surface area contributed by atoms with Crippen LogP contribution in [0.1, 0.15) is 15.9 Å². The standard InChI is InChI=1S/C14H17NO5S/c1-8-11(19-2)4-9(5-12(8)20-3)13(16)15-7-21-6-10(15)14(17)18/h4-5,10H,6-7H2,1-3H3,(H,17,18)/t10-/m0/s1. The molecule has 0 radical (unpaired) electrons. The van der Waals surface area contributed by atoms with E-state index in [4.69, 9.17) is 14.6 Å². The van der Waals surface area contributed by atoms with Gasteiger partial charge in [-0.25, -0.2) is 4.79 Å². The van der Waals surface area contributed by atoms with E-state index >= 15 is 0 Å². The van der Waals surface area contributed by atoms with Gasteiger partial charge >= 0.3 is 5.97 Å². The lowest BCUT2D eigenvalue weighted by Gasteiger charge is -2.21. The first kappa shape index (κ1) is 15.5. The van der Waals surface area contributed by atoms with E-state index in [1.807, 2.05) is 6.92 Å². The third-order valence-corrected chi connectivity index (χ3v) is 4.44. The molecule has 1 heterocycles. The molecule has 0 aromatic heterocycles. The quantitative estimate of drug-likeness (QED) is 0.910. The number of carboxylic acids is 1. The van der Waals surface area contributed by atoms with Crippen LogP contribution in [0.5, 0.6) is 11.5 Å². The minimum absolute atomic E-state index is 0.330. The predicted octanol–water partition coefficient (Wildman–Crippen LogP) is 1.61. The first-order valence-corrected chi connectivity index (χ1v) is 7.49. The second kappa shape index (κ2) is 6.26. The van der Waals surface area contributed by atoms with E-state index in [2.05, 4.69) is 0 Å². The van der Waals surface area contributed by atoms with Crippen LogP contribution in [0, 0.1) is 6.92 Å². The molecule has 21 heavy (non-hydrogen) atoms. The van der Waals surface area contributed by atoms with Crippen molar-refractivity contribution in [1.29, 1.82) is 0 Å². The van der Waals surface area contributed by atoms with Gasteiger partial charge in [0.25, 0.3) is 5.91 Å². The Kier molecular flexibility index (Phi) is 4.62. The molecule has 1 fully saturated rings. The van der Waals surface area contributed by atoms with Crippen molar-refractivity contribution < 1.29 is 24.2 Å². The maximum atomic E-state index is 12.5. The van der Waals surface area contributed by atoms with Crippen molar-refractivity contribution in [1.82, 2.24) is 4.90 Å². The normalized spacial score (nSPS) is 17.7. The Morgan fingerprint density at radius 3 is 2.33 bits per heavy atom. The predicted molar refractivity (Wildman–Crippen MR) is 79.2 cm³/mol. The van der Waals surface area contributed by atoms with E-state index in [0.717, 1.165) is 5.56 Å². The number of thioether (sulfide) groups is 1. The van der Waals surface area contributed by atoms with E-state index in [-0.39, 0.29) is 5.91 Å². The Hall–Kier alpha value is -1.89. The molecular formula is C14H17NO5S. The summed E-state index contributed by atoms with van der Waals surface area (Å²) in [5, 5.41) is 9.17. The van der Waals surface area contributed by atoms with Crippen LogP contribution < -0.4 is 9.47 Å². The summed E-state index contributed by atoms with van der Waals surface area (Å²) in [6.07, 6.45) is 0. The smallest absolute Gasteiger partial charge is 0.327 e. The number of ether oxygens (including phenoxy) is 2. The van der Waals surface area contributed by atoms with Gasteiger partial charge in [-0.05, 0) is 19.1 Å². The van der Waals surface area contributed by atoms with E-state index in [1.165, 1.54) is 30.9 Å². The van der Waals surface area contributed by atoms with Gasteiger partial charge in [-0.15, -0.1) is 11.8 Å². The van der Waals surface area contributed by atoms with Gasteiger partial charge in [0.15, 0.2) is 0 Å². The Morgan fingerprint density at radius 1 is 1.29 bits per heavy atom. The Labute approximate surface area is 127 Å². The Bertz CT molecular complexity index is 549. The third-order valence-electron chi connectivity index (χ3n) is 3.43. The van der Waals surface area contributed by atoms with Gasteiger partial charge in [0.05, 0.1) is 20.1 Å². The number of rotatable bonds is 4. The summed E-state index contributed by atoms with van der Waals surface area (Å²) >= 11 is 1.43. The fraction of sp³-hybridized carbons (Fsp3) is 0.429. The fourth-order valence-electron chi connectivity index (χ4n) is 2.22. The number of carboxylic acid groups (broad SMARTS) is 1. The van der Waals surface area contributed by atoms with Crippen LogP contribution in [0.25, 0.3) is 0 Å². The van der Waals surface area contributed by atoms with Gasteiger partial charge in [-0.3, -0.25) is 4.79 Å². The molecule has 6 nitrogen and oxygen atoms in total. The van der Waals surface area contributed by atoms with Gasteiger partial charge in [0.2, 0.25) is 0 Å². The van der Waals surface area contributed by atoms with Crippen LogP contribution in [0.4, 0.5) is 0 Å². The fourth-order valence-corrected chi connectivity index (χ4v) is 3.37. The SMILES string of the molecule is COc1cc(C(=O)N2CSC[C@H]2C(=O)O)cc(OC)c1C. The molecule has 1 saturated heterocycles. The number of aliphatic carboxylic acids is 1. The maximum absolute atomic E-state index is 12.5. The molecule has 7 heteroatoms.